The summed E-state index contributed by atoms with van der Waals surface area (Å²) in [5, 5.41) is 97.3. The first-order valence-electron chi connectivity index (χ1n) is 48.1. The van der Waals surface area contributed by atoms with Crippen molar-refractivity contribution in [2.45, 2.75) is 195 Å². The Labute approximate surface area is 857 Å². The molecule has 0 radical (unpaired) electrons. The van der Waals surface area contributed by atoms with Gasteiger partial charge in [0.1, 0.15) is 0 Å². The van der Waals surface area contributed by atoms with E-state index in [0.717, 1.165) is 189 Å². The van der Waals surface area contributed by atoms with E-state index in [4.69, 9.17) is 0 Å². The third-order valence-electron chi connectivity index (χ3n) is 25.3. The Morgan fingerprint density at radius 1 is 0.354 bits per heavy atom. The maximum absolute atomic E-state index is 12.8. The predicted molar refractivity (Wildman–Crippen MR) is 583 cm³/mol. The summed E-state index contributed by atoms with van der Waals surface area (Å²) >= 11 is 0. The molecule has 754 valence electrons. The molecule has 0 N–H and O–H groups in total. The van der Waals surface area contributed by atoms with Crippen molar-refractivity contribution in [3.8, 4) is 0 Å². The topological polar surface area (TPSA) is 335 Å². The maximum Gasteiger partial charge on any atom is 0.270 e. The monoisotopic (exact) mass is 1980 g/mol. The van der Waals surface area contributed by atoms with E-state index in [9.17, 15) is 71.1 Å². The second-order valence-electron chi connectivity index (χ2n) is 37.6. The summed E-state index contributed by atoms with van der Waals surface area (Å²) in [7, 11) is 0. The zero-order chi connectivity index (χ0) is 106. The Bertz CT molecular complexity index is 7740. The summed E-state index contributed by atoms with van der Waals surface area (Å²) in [4.78, 5) is 71.0. The molecule has 0 spiro atoms. The Balaban J connectivity index is 0.000000158. The Morgan fingerprint density at radius 3 is 1.40 bits per heavy atom. The molecule has 0 saturated heterocycles. The maximum atomic E-state index is 12.8. The average Bonchev–Trinajstić information content (AvgIpc) is 0.776. The number of anilines is 1. The van der Waals surface area contributed by atoms with Crippen LogP contribution < -0.4 is 44.0 Å². The van der Waals surface area contributed by atoms with Crippen molar-refractivity contribution < 1.29 is 56.9 Å². The van der Waals surface area contributed by atoms with Crippen molar-refractivity contribution >= 4 is 86.6 Å². The summed E-state index contributed by atoms with van der Waals surface area (Å²) in [6.07, 6.45) is 44.6. The number of aromatic nitrogens is 6. The minimum atomic E-state index is -0.399. The smallest absolute Gasteiger partial charge is 0.270 e. The molecule has 9 aliphatic rings. The normalized spacial score (nSPS) is 17.9. The van der Waals surface area contributed by atoms with Gasteiger partial charge in [-0.3, -0.25) is 0 Å². The first-order chi connectivity index (χ1) is 69.4. The van der Waals surface area contributed by atoms with Gasteiger partial charge in [0.2, 0.25) is 58.5 Å². The summed E-state index contributed by atoms with van der Waals surface area (Å²) < 4.78 is 11.0. The van der Waals surface area contributed by atoms with Crippen LogP contribution in [0.1, 0.15) is 194 Å². The van der Waals surface area contributed by atoms with Crippen molar-refractivity contribution in [1.82, 2.24) is 5.06 Å². The van der Waals surface area contributed by atoms with E-state index in [1.54, 1.807) is 95.7 Å². The van der Waals surface area contributed by atoms with Crippen LogP contribution in [0.5, 0.6) is 0 Å². The number of aryl methyl sites for hydroxylation is 12. The summed E-state index contributed by atoms with van der Waals surface area (Å²) in [6, 6.07) is 56.1. The lowest BCUT2D eigenvalue weighted by Gasteiger charge is -2.39. The molecule has 28 heteroatoms. The molecule has 12 aromatic rings. The number of allylic oxidation sites excluding steroid dienone is 11. The highest BCUT2D eigenvalue weighted by molar-refractivity contribution is 5.79. The molecule has 8 aliphatic heterocycles. The van der Waals surface area contributed by atoms with E-state index >= 15 is 0 Å². The molecule has 0 amide bonds. The number of benzene rings is 6. The standard InChI is InChI=1S/2C20H17N2O2.2C12H13N2O2.2C11H12NO.C11H11NO.2C7H10NO.C7H9NO.CH4/c2*1-13-3-8-19-15(11-13)6-10-20(22(19)24)17-7-9-18-16(12-17)5-4-14(2)21(18)23;2*1-9-3-6-12(14(16)7-9)11-5-4-10(2)13(15)8-11;3*1-8-3-6-11-10(7-8)5-4-9(2)12(11)13;3*1-6-3-4-7(2)8(9)5-6;/h3-6,8-12H,7H2,1-2H3;3-12,20H,1-2H3;3-4,6-8H,5H2,1-2H3;3-8,12H,1-2H3;2*3-7,9H,1-2H3;3-7H,1-2H3;2*3-5,7H,1-2H3;3-5H,1-2H3;1H4/q4*+1;-1;+1;;-1;+1;;/b20-17+;;;;;;;;;;. The van der Waals surface area contributed by atoms with Gasteiger partial charge >= 0.3 is 0 Å². The second kappa shape index (κ2) is 49.3. The Kier molecular flexibility index (Phi) is 37.1. The zero-order valence-corrected chi connectivity index (χ0v) is 86.0. The van der Waals surface area contributed by atoms with Crippen molar-refractivity contribution in [3.63, 3.8) is 0 Å². The third-order valence-corrected chi connectivity index (χ3v) is 25.3. The van der Waals surface area contributed by atoms with Gasteiger partial charge in [0.25, 0.3) is 34.8 Å². The predicted octanol–water partition coefficient (Wildman–Crippen LogP) is 23.0. The third kappa shape index (κ3) is 28.1. The SMILES string of the molecule is C.CC1=CCC(c2ccc(C)c[n+]2[O-])=C[N+]1=O.CC1=CN([O-])C(C)C=C1.CC1=C[N+](=O)C(C)C=C1.CC1=C[N+](=O)C(c2ccc(C)[n+]([O-])c2)C=C1.Cc1ccc(C)[n+]([O-])c1.Cc1ccc2c(c1)C=C/C(=C1\C=c3ccc(C)[n+]([O-])c3=CC1)[N+]2=O.Cc1ccc2c(c1)C=CC(C)N2[O-].Cc1ccc2c(c1)C=CC(C)[N+]2=O.Cc1ccc2c(c1)C=CC(c1ccc3c(ccc(C)[n+]3[O-])c1)[N+]2=O.Cc1ccc2c(ccc(C)[n+]2[O-])c1. The molecule has 0 saturated carbocycles. The number of fused-ring (bicyclic) bond motifs is 7. The fourth-order valence-corrected chi connectivity index (χ4v) is 16.4. The van der Waals surface area contributed by atoms with Crippen LogP contribution in [0.25, 0.3) is 63.8 Å². The highest BCUT2D eigenvalue weighted by Crippen LogP contribution is 2.38. The molecule has 14 heterocycles. The molecule has 147 heavy (non-hydrogen) atoms. The molecule has 6 aromatic heterocycles. The van der Waals surface area contributed by atoms with Crippen molar-refractivity contribution in [2.24, 2.45) is 0 Å². The van der Waals surface area contributed by atoms with Crippen LogP contribution in [-0.4, -0.2) is 57.8 Å². The summed E-state index contributed by atoms with van der Waals surface area (Å²) in [5.41, 5.74) is 27.3. The number of hydrogen-bond acceptors (Lipinski definition) is 16. The summed E-state index contributed by atoms with van der Waals surface area (Å²) in [6.45, 7) is 37.7. The second-order valence-corrected chi connectivity index (χ2v) is 37.6. The summed E-state index contributed by atoms with van der Waals surface area (Å²) in [5.74, 6) is 0. The van der Waals surface area contributed by atoms with Crippen LogP contribution in [0.15, 0.2) is 326 Å². The van der Waals surface area contributed by atoms with Crippen LogP contribution in [0.2, 0.25) is 0 Å². The minimum absolute atomic E-state index is 0. The fraction of sp³-hybridized carbons (Fsp3) is 0.244. The molecular weight excluding hydrogens is 1850 g/mol. The molecule has 1 aliphatic carbocycles. The van der Waals surface area contributed by atoms with E-state index in [1.165, 1.54) is 41.5 Å². The molecule has 0 bridgehead atoms. The Hall–Kier alpha value is -17.0. The lowest BCUT2D eigenvalue weighted by atomic mass is 9.97. The van der Waals surface area contributed by atoms with E-state index < -0.39 is 6.04 Å². The molecule has 21 rings (SSSR count). The average molecular weight is 1980 g/mol. The van der Waals surface area contributed by atoms with Gasteiger partial charge in [-0.05, 0) is 246 Å². The lowest BCUT2D eigenvalue weighted by Crippen LogP contribution is -2.55. The van der Waals surface area contributed by atoms with E-state index in [2.05, 4.69) is 0 Å². The van der Waals surface area contributed by atoms with E-state index in [0.29, 0.717) is 74.8 Å². The van der Waals surface area contributed by atoms with Crippen LogP contribution in [0, 0.1) is 154 Å². The van der Waals surface area contributed by atoms with Crippen LogP contribution >= 0.6 is 0 Å². The zero-order valence-electron chi connectivity index (χ0n) is 86.0. The van der Waals surface area contributed by atoms with Gasteiger partial charge in [-0.15, -0.1) is 0 Å². The highest BCUT2D eigenvalue weighted by atomic mass is 16.5. The van der Waals surface area contributed by atoms with Crippen molar-refractivity contribution in [3.05, 3.63) is 514 Å². The number of nitrogens with zero attached hydrogens (tertiary/aromatic N) is 14. The van der Waals surface area contributed by atoms with Gasteiger partial charge < -0.3 is 51.8 Å². The van der Waals surface area contributed by atoms with E-state index in [1.807, 2.05) is 347 Å². The van der Waals surface area contributed by atoms with Crippen molar-refractivity contribution in [1.29, 1.82) is 0 Å². The van der Waals surface area contributed by atoms with Gasteiger partial charge in [-0.25, -0.2) is 0 Å². The lowest BCUT2D eigenvalue weighted by molar-refractivity contribution is -0.627. The van der Waals surface area contributed by atoms with Crippen LogP contribution in [-0.2, 0) is 0 Å². The van der Waals surface area contributed by atoms with Crippen LogP contribution in [0.3, 0.4) is 0 Å². The fourth-order valence-electron chi connectivity index (χ4n) is 16.4. The van der Waals surface area contributed by atoms with Crippen LogP contribution in [0.4, 0.5) is 22.7 Å². The Morgan fingerprint density at radius 2 is 0.823 bits per heavy atom. The highest BCUT2D eigenvalue weighted by Gasteiger charge is 2.36. The first kappa shape index (κ1) is 110. The molecule has 6 unspecified atom stereocenters. The molecule has 28 nitrogen and oxygen atoms in total. The number of nitroso groups, excluding NO2 is 6. The number of hydrogen-bond donors (Lipinski definition) is 0. The van der Waals surface area contributed by atoms with Gasteiger partial charge in [-0.1, -0.05) is 102 Å². The van der Waals surface area contributed by atoms with E-state index in [-0.39, 0.29) is 37.6 Å². The van der Waals surface area contributed by atoms with Gasteiger partial charge in [0.05, 0.1) is 37.3 Å². The number of rotatable bonds is 3. The number of hydroxylamine groups is 3. The molecule has 0 fully saturated rings. The molecule has 6 atom stereocenters. The van der Waals surface area contributed by atoms with Gasteiger partial charge in [0, 0.05) is 257 Å². The van der Waals surface area contributed by atoms with Crippen molar-refractivity contribution in [2.75, 3.05) is 5.06 Å². The first-order valence-corrected chi connectivity index (χ1v) is 48.1. The minimum Gasteiger partial charge on any atom is -0.758 e. The molecule has 6 aromatic carbocycles. The quantitative estimate of drug-likeness (QED) is 0.117. The van der Waals surface area contributed by atoms with Gasteiger partial charge in [0.15, 0.2) is 47.1 Å². The van der Waals surface area contributed by atoms with Gasteiger partial charge in [-0.2, -0.15) is 28.4 Å². The molecular formula is C119H128N14O14+4. The largest absolute Gasteiger partial charge is 0.758 e. The number of pyridine rings is 6.